The molecule has 0 aliphatic carbocycles. The van der Waals surface area contributed by atoms with E-state index in [0.717, 1.165) is 33.2 Å². The molecular weight excluding hydrogens is 344 g/mol. The standard InChI is InChI=1S/C22H19ClN2O/c1-16(24)15-26-22-12-3-17(4-13-22)2-10-21-11-7-19(14-25-21)18-5-8-20(23)9-6-18/h3-9,11-14,16H,15,24H2,1H3/t16-/m0/s1. The van der Waals surface area contributed by atoms with Crippen LogP contribution in [0.25, 0.3) is 11.1 Å². The van der Waals surface area contributed by atoms with Gasteiger partial charge in [0.05, 0.1) is 0 Å². The molecule has 3 nitrogen and oxygen atoms in total. The van der Waals surface area contributed by atoms with Crippen molar-refractivity contribution in [1.82, 2.24) is 4.98 Å². The maximum absolute atomic E-state index is 5.92. The number of halogens is 1. The summed E-state index contributed by atoms with van der Waals surface area (Å²) in [7, 11) is 0. The molecule has 0 amide bonds. The minimum atomic E-state index is 0.0105. The summed E-state index contributed by atoms with van der Waals surface area (Å²) >= 11 is 5.92. The molecule has 0 fully saturated rings. The lowest BCUT2D eigenvalue weighted by Gasteiger charge is -2.08. The van der Waals surface area contributed by atoms with Crippen LogP contribution >= 0.6 is 11.6 Å². The highest BCUT2D eigenvalue weighted by molar-refractivity contribution is 6.30. The highest BCUT2D eigenvalue weighted by Gasteiger charge is 1.99. The molecule has 1 heterocycles. The zero-order valence-corrected chi connectivity index (χ0v) is 15.2. The third-order valence-corrected chi connectivity index (χ3v) is 3.90. The second kappa shape index (κ2) is 8.53. The van der Waals surface area contributed by atoms with Crippen molar-refractivity contribution in [3.05, 3.63) is 83.1 Å². The molecule has 2 aromatic carbocycles. The lowest BCUT2D eigenvalue weighted by molar-refractivity contribution is 0.296. The normalized spacial score (nSPS) is 11.3. The van der Waals surface area contributed by atoms with Crippen molar-refractivity contribution in [3.63, 3.8) is 0 Å². The lowest BCUT2D eigenvalue weighted by Crippen LogP contribution is -2.23. The topological polar surface area (TPSA) is 48.1 Å². The minimum Gasteiger partial charge on any atom is -0.492 e. The Morgan fingerprint density at radius 2 is 1.65 bits per heavy atom. The Morgan fingerprint density at radius 3 is 2.27 bits per heavy atom. The van der Waals surface area contributed by atoms with Crippen molar-refractivity contribution in [3.8, 4) is 28.7 Å². The van der Waals surface area contributed by atoms with Gasteiger partial charge in [-0.25, -0.2) is 4.98 Å². The van der Waals surface area contributed by atoms with Crippen LogP contribution in [0, 0.1) is 11.8 Å². The molecule has 0 unspecified atom stereocenters. The Hall–Kier alpha value is -2.80. The van der Waals surface area contributed by atoms with E-state index < -0.39 is 0 Å². The van der Waals surface area contributed by atoms with E-state index >= 15 is 0 Å². The molecule has 2 N–H and O–H groups in total. The average molecular weight is 363 g/mol. The van der Waals surface area contributed by atoms with Crippen LogP contribution in [0.1, 0.15) is 18.2 Å². The van der Waals surface area contributed by atoms with E-state index in [4.69, 9.17) is 22.1 Å². The van der Waals surface area contributed by atoms with Crippen LogP contribution < -0.4 is 10.5 Å². The predicted molar refractivity (Wildman–Crippen MR) is 106 cm³/mol. The Balaban J connectivity index is 1.67. The number of nitrogens with zero attached hydrogens (tertiary/aromatic N) is 1. The van der Waals surface area contributed by atoms with Crippen LogP contribution in [-0.2, 0) is 0 Å². The molecule has 130 valence electrons. The van der Waals surface area contributed by atoms with Crippen molar-refractivity contribution < 1.29 is 4.74 Å². The van der Waals surface area contributed by atoms with Crippen molar-refractivity contribution >= 4 is 11.6 Å². The summed E-state index contributed by atoms with van der Waals surface area (Å²) in [5, 5.41) is 0.721. The smallest absolute Gasteiger partial charge is 0.119 e. The van der Waals surface area contributed by atoms with Crippen molar-refractivity contribution in [2.75, 3.05) is 6.61 Å². The number of aromatic nitrogens is 1. The number of rotatable bonds is 4. The minimum absolute atomic E-state index is 0.0105. The number of pyridine rings is 1. The van der Waals surface area contributed by atoms with Crippen molar-refractivity contribution in [2.45, 2.75) is 13.0 Å². The van der Waals surface area contributed by atoms with Gasteiger partial charge in [-0.05, 0) is 60.9 Å². The van der Waals surface area contributed by atoms with Gasteiger partial charge in [-0.2, -0.15) is 0 Å². The average Bonchev–Trinajstić information content (AvgIpc) is 2.66. The van der Waals surface area contributed by atoms with Gasteiger partial charge in [0.25, 0.3) is 0 Å². The van der Waals surface area contributed by atoms with E-state index in [1.165, 1.54) is 0 Å². The van der Waals surface area contributed by atoms with Gasteiger partial charge in [-0.3, -0.25) is 0 Å². The van der Waals surface area contributed by atoms with E-state index in [2.05, 4.69) is 16.8 Å². The first-order chi connectivity index (χ1) is 12.6. The van der Waals surface area contributed by atoms with Gasteiger partial charge < -0.3 is 10.5 Å². The molecule has 0 radical (unpaired) electrons. The molecule has 0 bridgehead atoms. The highest BCUT2D eigenvalue weighted by Crippen LogP contribution is 2.20. The zero-order valence-electron chi connectivity index (χ0n) is 14.4. The maximum Gasteiger partial charge on any atom is 0.119 e. The Morgan fingerprint density at radius 1 is 0.962 bits per heavy atom. The van der Waals surface area contributed by atoms with Gasteiger partial charge in [0.15, 0.2) is 0 Å². The zero-order chi connectivity index (χ0) is 18.4. The molecule has 0 aliphatic rings. The van der Waals surface area contributed by atoms with Crippen molar-refractivity contribution in [2.24, 2.45) is 5.73 Å². The highest BCUT2D eigenvalue weighted by atomic mass is 35.5. The second-order valence-electron chi connectivity index (χ2n) is 6.00. The molecule has 0 saturated carbocycles. The SMILES string of the molecule is C[C@H](N)COc1ccc(C#Cc2ccc(-c3ccc(Cl)cc3)cn2)cc1. The lowest BCUT2D eigenvalue weighted by atomic mass is 10.1. The van der Waals surface area contributed by atoms with Crippen LogP contribution in [0.15, 0.2) is 66.9 Å². The Labute approximate surface area is 158 Å². The first-order valence-corrected chi connectivity index (χ1v) is 8.70. The number of nitrogens with two attached hydrogens (primary N) is 1. The van der Waals surface area contributed by atoms with Gasteiger partial charge in [-0.1, -0.05) is 35.7 Å². The summed E-state index contributed by atoms with van der Waals surface area (Å²) in [6.45, 7) is 2.40. The Bertz CT molecular complexity index is 906. The first-order valence-electron chi connectivity index (χ1n) is 8.32. The molecule has 1 aromatic heterocycles. The summed E-state index contributed by atoms with van der Waals surface area (Å²) in [6.07, 6.45) is 1.82. The van der Waals surface area contributed by atoms with Crippen LogP contribution in [0.3, 0.4) is 0 Å². The largest absolute Gasteiger partial charge is 0.492 e. The van der Waals surface area contributed by atoms with E-state index in [-0.39, 0.29) is 6.04 Å². The molecule has 3 aromatic rings. The summed E-state index contributed by atoms with van der Waals surface area (Å²) in [5.41, 5.74) is 9.41. The van der Waals surface area contributed by atoms with E-state index in [1.54, 1.807) is 0 Å². The molecule has 1 atom stereocenters. The maximum atomic E-state index is 5.92. The van der Waals surface area contributed by atoms with Crippen LogP contribution in [-0.4, -0.2) is 17.6 Å². The predicted octanol–water partition coefficient (Wildman–Crippen LogP) is 4.53. The number of benzene rings is 2. The fourth-order valence-electron chi connectivity index (χ4n) is 2.28. The van der Waals surface area contributed by atoms with Crippen LogP contribution in [0.4, 0.5) is 0 Å². The summed E-state index contributed by atoms with van der Waals surface area (Å²) in [6, 6.07) is 19.2. The van der Waals surface area contributed by atoms with Crippen molar-refractivity contribution in [1.29, 1.82) is 0 Å². The molecule has 0 spiro atoms. The number of hydrogen-bond acceptors (Lipinski definition) is 3. The Kier molecular flexibility index (Phi) is 5.91. The van der Waals surface area contributed by atoms with Crippen LogP contribution in [0.2, 0.25) is 5.02 Å². The first kappa shape index (κ1) is 18.0. The van der Waals surface area contributed by atoms with Gasteiger partial charge in [-0.15, -0.1) is 0 Å². The third kappa shape index (κ3) is 5.10. The summed E-state index contributed by atoms with van der Waals surface area (Å²) in [5.74, 6) is 6.97. The molecule has 3 rings (SSSR count). The molecule has 0 saturated heterocycles. The third-order valence-electron chi connectivity index (χ3n) is 3.64. The fourth-order valence-corrected chi connectivity index (χ4v) is 2.41. The van der Waals surface area contributed by atoms with E-state index in [1.807, 2.05) is 73.8 Å². The van der Waals surface area contributed by atoms with E-state index in [0.29, 0.717) is 6.61 Å². The van der Waals surface area contributed by atoms with Gasteiger partial charge in [0.2, 0.25) is 0 Å². The van der Waals surface area contributed by atoms with Gasteiger partial charge in [0, 0.05) is 28.4 Å². The number of hydrogen-bond donors (Lipinski definition) is 1. The monoisotopic (exact) mass is 362 g/mol. The molecule has 26 heavy (non-hydrogen) atoms. The summed E-state index contributed by atoms with van der Waals surface area (Å²) < 4.78 is 5.55. The van der Waals surface area contributed by atoms with E-state index in [9.17, 15) is 0 Å². The molecule has 4 heteroatoms. The summed E-state index contributed by atoms with van der Waals surface area (Å²) in [4.78, 5) is 4.41. The van der Waals surface area contributed by atoms with Crippen LogP contribution in [0.5, 0.6) is 5.75 Å². The van der Waals surface area contributed by atoms with Gasteiger partial charge in [0.1, 0.15) is 18.1 Å². The second-order valence-corrected chi connectivity index (χ2v) is 6.44. The molecule has 0 aliphatic heterocycles. The molecular formula is C22H19ClN2O. The fraction of sp³-hybridized carbons (Fsp3) is 0.136. The number of ether oxygens (including phenoxy) is 1. The van der Waals surface area contributed by atoms with Gasteiger partial charge >= 0.3 is 0 Å². The quantitative estimate of drug-likeness (QED) is 0.694.